The van der Waals surface area contributed by atoms with Crippen LogP contribution in [0.25, 0.3) is 0 Å². The molecule has 0 aromatic rings. The molecule has 1 N–H and O–H groups in total. The predicted octanol–water partition coefficient (Wildman–Crippen LogP) is 14.5. The summed E-state index contributed by atoms with van der Waals surface area (Å²) in [6.45, 7) is 3.77. The highest BCUT2D eigenvalue weighted by Crippen LogP contribution is 2.09. The van der Waals surface area contributed by atoms with Crippen molar-refractivity contribution < 1.29 is 24.2 Å². The Kier molecular flexibility index (Phi) is 43.3. The summed E-state index contributed by atoms with van der Waals surface area (Å²) in [7, 11) is 0. The zero-order chi connectivity index (χ0) is 42.1. The van der Waals surface area contributed by atoms with Crippen LogP contribution >= 0.6 is 0 Å². The molecule has 0 aliphatic heterocycles. The highest BCUT2D eigenvalue weighted by Gasteiger charge is 2.15. The fourth-order valence-corrected chi connectivity index (χ4v) is 5.11. The molecule has 320 valence electrons. The molecule has 1 atom stereocenters. The van der Waals surface area contributed by atoms with Gasteiger partial charge >= 0.3 is 11.9 Å². The molecule has 0 rings (SSSR count). The Morgan fingerprint density at radius 1 is 0.414 bits per heavy atom. The largest absolute Gasteiger partial charge is 0.461 e. The van der Waals surface area contributed by atoms with Crippen LogP contribution in [0.15, 0.2) is 158 Å². The van der Waals surface area contributed by atoms with E-state index in [1.165, 1.54) is 0 Å². The quantitative estimate of drug-likeness (QED) is 0.0385. The maximum atomic E-state index is 12.2. The van der Waals surface area contributed by atoms with Crippen LogP contribution < -0.4 is 0 Å². The van der Waals surface area contributed by atoms with E-state index in [9.17, 15) is 14.7 Å². The van der Waals surface area contributed by atoms with Crippen molar-refractivity contribution in [3.05, 3.63) is 158 Å². The molecule has 0 aliphatic carbocycles. The molecule has 0 spiro atoms. The zero-order valence-corrected chi connectivity index (χ0v) is 36.2. The second-order valence-corrected chi connectivity index (χ2v) is 13.7. The fourth-order valence-electron chi connectivity index (χ4n) is 5.11. The van der Waals surface area contributed by atoms with E-state index < -0.39 is 12.1 Å². The van der Waals surface area contributed by atoms with Crippen molar-refractivity contribution in [1.82, 2.24) is 0 Å². The Morgan fingerprint density at radius 3 is 1.10 bits per heavy atom. The van der Waals surface area contributed by atoms with E-state index in [0.717, 1.165) is 116 Å². The summed E-state index contributed by atoms with van der Waals surface area (Å²) in [5.41, 5.74) is 0. The van der Waals surface area contributed by atoms with Crippen LogP contribution in [0, 0.1) is 0 Å². The van der Waals surface area contributed by atoms with E-state index in [2.05, 4.69) is 160 Å². The minimum Gasteiger partial charge on any atom is -0.461 e. The molecule has 0 heterocycles. The number of rotatable bonds is 37. The number of aliphatic hydroxyl groups excluding tert-OH is 1. The number of hydrogen-bond donors (Lipinski definition) is 1. The van der Waals surface area contributed by atoms with Gasteiger partial charge in [-0.25, -0.2) is 0 Å². The van der Waals surface area contributed by atoms with Gasteiger partial charge in [0.25, 0.3) is 0 Å². The SMILES string of the molecule is CC/C=C\C/C=C\C/C=C\C/C=C\C/C=C\C/C=C\C/C=C\C/C=C\CCCCCCC(=O)OC(CO)COC(=O)C/C=C\C/C=C\C/C=C\C/C=C\C/C=C\CC. The van der Waals surface area contributed by atoms with E-state index >= 15 is 0 Å². The van der Waals surface area contributed by atoms with Crippen LogP contribution in [0.5, 0.6) is 0 Å². The number of carbonyl (C=O) groups excluding carboxylic acids is 2. The molecule has 0 aromatic carbocycles. The van der Waals surface area contributed by atoms with Gasteiger partial charge in [0.15, 0.2) is 6.10 Å². The van der Waals surface area contributed by atoms with Gasteiger partial charge in [0.05, 0.1) is 13.0 Å². The molecule has 0 bridgehead atoms. The third kappa shape index (κ3) is 44.2. The standard InChI is InChI=1S/C53H78O5/c1-3-5-7-9-11-13-15-17-19-20-21-22-23-24-25-26-27-28-29-30-31-32-34-36-38-40-42-44-46-48-53(56)58-51(49-54)50-57-52(55)47-45-43-41-39-37-35-33-18-16-14-12-10-8-6-4-2/h5-8,11-14,17-19,21-22,24-25,27-28,30-31,33-34,36-37,39,43,45,51,54H,3-4,9-10,15-16,20,23,26,29,32,35,38,40-42,44,46-50H2,1-2H3/b7-5-,8-6-,13-11-,14-12-,19-17-,22-21-,25-24-,28-27-,31-30-,33-18-,36-34-,39-37-,45-43-. The first kappa shape index (κ1) is 53.5. The normalized spacial score (nSPS) is 13.8. The lowest BCUT2D eigenvalue weighted by atomic mass is 10.1. The van der Waals surface area contributed by atoms with Gasteiger partial charge in [-0.05, 0) is 103 Å². The second-order valence-electron chi connectivity index (χ2n) is 13.7. The van der Waals surface area contributed by atoms with Crippen LogP contribution in [-0.4, -0.2) is 36.4 Å². The topological polar surface area (TPSA) is 72.8 Å². The third-order valence-corrected chi connectivity index (χ3v) is 8.35. The molecule has 0 amide bonds. The number of aliphatic hydroxyl groups is 1. The van der Waals surface area contributed by atoms with Crippen molar-refractivity contribution in [3.63, 3.8) is 0 Å². The number of ether oxygens (including phenoxy) is 2. The van der Waals surface area contributed by atoms with Crippen LogP contribution in [-0.2, 0) is 19.1 Å². The van der Waals surface area contributed by atoms with Crippen molar-refractivity contribution in [2.45, 2.75) is 148 Å². The van der Waals surface area contributed by atoms with Crippen LogP contribution in [0.2, 0.25) is 0 Å². The highest BCUT2D eigenvalue weighted by molar-refractivity contribution is 5.71. The summed E-state index contributed by atoms with van der Waals surface area (Å²) in [4.78, 5) is 24.3. The number of carbonyl (C=O) groups is 2. The maximum absolute atomic E-state index is 12.2. The molecule has 0 radical (unpaired) electrons. The summed E-state index contributed by atoms with van der Waals surface area (Å²) in [5.74, 6) is -0.787. The van der Waals surface area contributed by atoms with Gasteiger partial charge < -0.3 is 14.6 Å². The van der Waals surface area contributed by atoms with Gasteiger partial charge in [-0.1, -0.05) is 185 Å². The molecular formula is C53H78O5. The molecule has 0 fully saturated rings. The first-order valence-corrected chi connectivity index (χ1v) is 22.0. The fraction of sp³-hybridized carbons (Fsp3) is 0.472. The molecule has 58 heavy (non-hydrogen) atoms. The van der Waals surface area contributed by atoms with Crippen molar-refractivity contribution in [2.75, 3.05) is 13.2 Å². The molecule has 5 nitrogen and oxygen atoms in total. The summed E-state index contributed by atoms with van der Waals surface area (Å²) in [6, 6.07) is 0. The molecule has 0 saturated carbocycles. The predicted molar refractivity (Wildman–Crippen MR) is 250 cm³/mol. The second kappa shape index (κ2) is 46.9. The summed E-state index contributed by atoms with van der Waals surface area (Å²) >= 11 is 0. The van der Waals surface area contributed by atoms with Crippen LogP contribution in [0.4, 0.5) is 0 Å². The van der Waals surface area contributed by atoms with Gasteiger partial charge in [-0.2, -0.15) is 0 Å². The lowest BCUT2D eigenvalue weighted by Crippen LogP contribution is -2.28. The molecule has 0 aliphatic rings. The number of hydrogen-bond acceptors (Lipinski definition) is 5. The van der Waals surface area contributed by atoms with Crippen LogP contribution in [0.1, 0.15) is 142 Å². The van der Waals surface area contributed by atoms with Gasteiger partial charge in [0, 0.05) is 6.42 Å². The third-order valence-electron chi connectivity index (χ3n) is 8.35. The zero-order valence-electron chi connectivity index (χ0n) is 36.2. The van der Waals surface area contributed by atoms with E-state index in [-0.39, 0.29) is 25.6 Å². The Hall–Kier alpha value is -4.48. The highest BCUT2D eigenvalue weighted by atomic mass is 16.6. The van der Waals surface area contributed by atoms with Gasteiger partial charge in [0.2, 0.25) is 0 Å². The Morgan fingerprint density at radius 2 is 0.741 bits per heavy atom. The number of esters is 2. The minimum atomic E-state index is -0.838. The van der Waals surface area contributed by atoms with Crippen molar-refractivity contribution in [1.29, 1.82) is 0 Å². The average molecular weight is 795 g/mol. The van der Waals surface area contributed by atoms with Gasteiger partial charge in [0.1, 0.15) is 6.61 Å². The summed E-state index contributed by atoms with van der Waals surface area (Å²) < 4.78 is 10.5. The Balaban J connectivity index is 3.78. The van der Waals surface area contributed by atoms with Crippen LogP contribution in [0.3, 0.4) is 0 Å². The molecular weight excluding hydrogens is 717 g/mol. The average Bonchev–Trinajstić information content (AvgIpc) is 3.23. The lowest BCUT2D eigenvalue weighted by molar-refractivity contribution is -0.161. The molecule has 0 saturated heterocycles. The monoisotopic (exact) mass is 795 g/mol. The molecule has 5 heteroatoms. The first-order chi connectivity index (χ1) is 28.6. The lowest BCUT2D eigenvalue weighted by Gasteiger charge is -2.15. The number of allylic oxidation sites excluding steroid dienone is 25. The first-order valence-electron chi connectivity index (χ1n) is 22.0. The number of unbranched alkanes of at least 4 members (excludes halogenated alkanes) is 4. The Bertz CT molecular complexity index is 1360. The summed E-state index contributed by atoms with van der Waals surface area (Å²) in [6.07, 6.45) is 73.4. The van der Waals surface area contributed by atoms with E-state index in [4.69, 9.17) is 9.47 Å². The van der Waals surface area contributed by atoms with Crippen molar-refractivity contribution in [2.24, 2.45) is 0 Å². The maximum Gasteiger partial charge on any atom is 0.309 e. The smallest absolute Gasteiger partial charge is 0.309 e. The summed E-state index contributed by atoms with van der Waals surface area (Å²) in [5, 5.41) is 9.56. The van der Waals surface area contributed by atoms with E-state index in [0.29, 0.717) is 6.42 Å². The van der Waals surface area contributed by atoms with Gasteiger partial charge in [-0.3, -0.25) is 9.59 Å². The van der Waals surface area contributed by atoms with Crippen molar-refractivity contribution >= 4 is 11.9 Å². The molecule has 0 aromatic heterocycles. The minimum absolute atomic E-state index is 0.135. The van der Waals surface area contributed by atoms with Gasteiger partial charge in [-0.15, -0.1) is 0 Å². The van der Waals surface area contributed by atoms with E-state index in [1.54, 1.807) is 6.08 Å². The Labute approximate surface area is 354 Å². The molecule has 1 unspecified atom stereocenters. The van der Waals surface area contributed by atoms with E-state index in [1.807, 2.05) is 6.08 Å². The van der Waals surface area contributed by atoms with Crippen molar-refractivity contribution in [3.8, 4) is 0 Å².